The molecule has 0 saturated carbocycles. The van der Waals surface area contributed by atoms with Gasteiger partial charge >= 0.3 is 11.9 Å². The number of hydrogen-bond donors (Lipinski definition) is 2. The molecule has 0 spiro atoms. The Morgan fingerprint density at radius 2 is 1.65 bits per heavy atom. The van der Waals surface area contributed by atoms with Gasteiger partial charge in [-0.1, -0.05) is 48.5 Å². The fourth-order valence-corrected chi connectivity index (χ4v) is 5.95. The summed E-state index contributed by atoms with van der Waals surface area (Å²) < 4.78 is 23.7. The molecule has 11 heteroatoms. The van der Waals surface area contributed by atoms with Crippen molar-refractivity contribution in [3.8, 4) is 0 Å². The standard InChI is InChI=1S/C29H37N2O8P/c1-29(2,3)28(35)39-20-38-27(34)23-15-10-18-31(23)25(32)19-40(36,37)24(17-16-21-11-6-4-7-12-21)30-26(33)22-13-8-5-9-14-22/h4-9,11-14,23-24H,10,15-20H2,1-3H3,(H,30,33)(H,36,37)/t23-,24?/m0/s1. The van der Waals surface area contributed by atoms with Crippen LogP contribution in [-0.2, 0) is 34.8 Å². The van der Waals surface area contributed by atoms with Gasteiger partial charge in [0.05, 0.1) is 5.41 Å². The van der Waals surface area contributed by atoms with Gasteiger partial charge in [-0.2, -0.15) is 0 Å². The molecule has 1 fully saturated rings. The van der Waals surface area contributed by atoms with E-state index < -0.39 is 61.3 Å². The van der Waals surface area contributed by atoms with E-state index in [-0.39, 0.29) is 13.0 Å². The number of nitrogens with zero attached hydrogens (tertiary/aromatic N) is 1. The van der Waals surface area contributed by atoms with Crippen LogP contribution in [-0.4, -0.2) is 64.9 Å². The van der Waals surface area contributed by atoms with Crippen molar-refractivity contribution < 1.29 is 38.1 Å². The summed E-state index contributed by atoms with van der Waals surface area (Å²) in [5.41, 5.74) is 0.479. The van der Waals surface area contributed by atoms with E-state index in [4.69, 9.17) is 9.47 Å². The molecule has 1 aliphatic heterocycles. The van der Waals surface area contributed by atoms with Crippen LogP contribution in [0.3, 0.4) is 0 Å². The molecule has 2 aromatic carbocycles. The summed E-state index contributed by atoms with van der Waals surface area (Å²) in [6.45, 7) is 4.62. The average molecular weight is 573 g/mol. The highest BCUT2D eigenvalue weighted by Crippen LogP contribution is 2.47. The van der Waals surface area contributed by atoms with Gasteiger partial charge < -0.3 is 24.6 Å². The van der Waals surface area contributed by atoms with E-state index in [0.29, 0.717) is 24.8 Å². The van der Waals surface area contributed by atoms with Crippen molar-refractivity contribution in [1.82, 2.24) is 10.2 Å². The van der Waals surface area contributed by atoms with Gasteiger partial charge in [0.2, 0.25) is 20.1 Å². The highest BCUT2D eigenvalue weighted by Gasteiger charge is 2.41. The molecule has 2 aromatic rings. The molecule has 2 N–H and O–H groups in total. The van der Waals surface area contributed by atoms with Crippen LogP contribution in [0.4, 0.5) is 0 Å². The third kappa shape index (κ3) is 8.76. The van der Waals surface area contributed by atoms with E-state index in [1.54, 1.807) is 51.1 Å². The Morgan fingerprint density at radius 1 is 1.02 bits per heavy atom. The molecule has 1 aliphatic rings. The first-order valence-corrected chi connectivity index (χ1v) is 15.1. The van der Waals surface area contributed by atoms with E-state index in [0.717, 1.165) is 5.56 Å². The smallest absolute Gasteiger partial charge is 0.331 e. The van der Waals surface area contributed by atoms with E-state index in [2.05, 4.69) is 5.32 Å². The first-order valence-electron chi connectivity index (χ1n) is 13.2. The lowest BCUT2D eigenvalue weighted by molar-refractivity contribution is -0.176. The predicted octanol–water partition coefficient (Wildman–Crippen LogP) is 3.73. The topological polar surface area (TPSA) is 139 Å². The van der Waals surface area contributed by atoms with Crippen molar-refractivity contribution >= 4 is 31.1 Å². The van der Waals surface area contributed by atoms with Gasteiger partial charge in [-0.15, -0.1) is 0 Å². The highest BCUT2D eigenvalue weighted by molar-refractivity contribution is 7.59. The molecule has 2 unspecified atom stereocenters. The van der Waals surface area contributed by atoms with Crippen LogP contribution in [0.5, 0.6) is 0 Å². The monoisotopic (exact) mass is 572 g/mol. The molecule has 0 aromatic heterocycles. The maximum atomic E-state index is 13.6. The van der Waals surface area contributed by atoms with Crippen LogP contribution in [0.2, 0.25) is 0 Å². The van der Waals surface area contributed by atoms with Crippen LogP contribution in [0.1, 0.15) is 56.0 Å². The number of amides is 2. The molecule has 1 saturated heterocycles. The number of benzene rings is 2. The van der Waals surface area contributed by atoms with E-state index in [1.807, 2.05) is 30.3 Å². The molecule has 2 amide bonds. The largest absolute Gasteiger partial charge is 0.427 e. The van der Waals surface area contributed by atoms with Crippen molar-refractivity contribution in [3.05, 3.63) is 71.8 Å². The number of carbonyl (C=O) groups is 4. The van der Waals surface area contributed by atoms with E-state index >= 15 is 0 Å². The van der Waals surface area contributed by atoms with E-state index in [9.17, 15) is 28.6 Å². The fraction of sp³-hybridized carbons (Fsp3) is 0.448. The fourth-order valence-electron chi connectivity index (χ4n) is 4.31. The number of ether oxygens (including phenoxy) is 2. The normalized spacial score (nSPS) is 17.4. The second-order valence-electron chi connectivity index (χ2n) is 10.8. The minimum Gasteiger partial charge on any atom is -0.427 e. The van der Waals surface area contributed by atoms with Crippen molar-refractivity contribution in [1.29, 1.82) is 0 Å². The zero-order valence-electron chi connectivity index (χ0n) is 23.1. The van der Waals surface area contributed by atoms with Gasteiger partial charge in [0.15, 0.2) is 0 Å². The Hall–Kier alpha value is -3.49. The van der Waals surface area contributed by atoms with Crippen LogP contribution in [0.15, 0.2) is 60.7 Å². The van der Waals surface area contributed by atoms with Gasteiger partial charge in [-0.25, -0.2) is 4.79 Å². The van der Waals surface area contributed by atoms with Gasteiger partial charge in [-0.05, 0) is 64.2 Å². The molecule has 3 atom stereocenters. The van der Waals surface area contributed by atoms with Crippen LogP contribution in [0, 0.1) is 5.41 Å². The number of carbonyl (C=O) groups excluding carboxylic acids is 4. The highest BCUT2D eigenvalue weighted by atomic mass is 31.2. The molecule has 1 heterocycles. The van der Waals surface area contributed by atoms with Gasteiger partial charge in [0.25, 0.3) is 5.91 Å². The number of rotatable bonds is 11. The molecular formula is C29H37N2O8P. The number of aryl methyl sites for hydroxylation is 1. The SMILES string of the molecule is CC(C)(C)C(=O)OCOC(=O)[C@@H]1CCCN1C(=O)CP(=O)(O)C(CCc1ccccc1)NC(=O)c1ccccc1. The summed E-state index contributed by atoms with van der Waals surface area (Å²) in [4.78, 5) is 63.0. The molecule has 3 rings (SSSR count). The third-order valence-corrected chi connectivity index (χ3v) is 8.67. The lowest BCUT2D eigenvalue weighted by Gasteiger charge is -2.28. The number of esters is 2. The zero-order chi connectivity index (χ0) is 29.3. The Kier molecular flexibility index (Phi) is 10.7. The van der Waals surface area contributed by atoms with E-state index in [1.165, 1.54) is 4.90 Å². The maximum Gasteiger partial charge on any atom is 0.331 e. The number of nitrogens with one attached hydrogen (secondary N) is 1. The number of likely N-dealkylation sites (tertiary alicyclic amines) is 1. The summed E-state index contributed by atoms with van der Waals surface area (Å²) >= 11 is 0. The van der Waals surface area contributed by atoms with Crippen molar-refractivity contribution in [2.24, 2.45) is 5.41 Å². The maximum absolute atomic E-state index is 13.6. The molecule has 10 nitrogen and oxygen atoms in total. The van der Waals surface area contributed by atoms with Crippen LogP contribution < -0.4 is 5.32 Å². The van der Waals surface area contributed by atoms with Crippen molar-refractivity contribution in [3.63, 3.8) is 0 Å². The Morgan fingerprint density at radius 3 is 2.27 bits per heavy atom. The van der Waals surface area contributed by atoms with Gasteiger partial charge in [0, 0.05) is 12.1 Å². The quantitative estimate of drug-likeness (QED) is 0.236. The molecule has 40 heavy (non-hydrogen) atoms. The number of hydrogen-bond acceptors (Lipinski definition) is 7. The lowest BCUT2D eigenvalue weighted by Crippen LogP contribution is -2.44. The predicted molar refractivity (Wildman–Crippen MR) is 148 cm³/mol. The summed E-state index contributed by atoms with van der Waals surface area (Å²) in [6.07, 6.45) is 0.616. The minimum absolute atomic E-state index is 0.133. The van der Waals surface area contributed by atoms with Crippen molar-refractivity contribution in [2.75, 3.05) is 19.5 Å². The van der Waals surface area contributed by atoms with Crippen molar-refractivity contribution in [2.45, 2.75) is 58.3 Å². The first-order chi connectivity index (χ1) is 18.9. The summed E-state index contributed by atoms with van der Waals surface area (Å²) in [6, 6.07) is 16.7. The lowest BCUT2D eigenvalue weighted by atomic mass is 9.98. The Bertz CT molecular complexity index is 1230. The summed E-state index contributed by atoms with van der Waals surface area (Å²) in [7, 11) is -4.28. The summed E-state index contributed by atoms with van der Waals surface area (Å²) in [5.74, 6) is -3.68. The second-order valence-corrected chi connectivity index (χ2v) is 13.3. The zero-order valence-corrected chi connectivity index (χ0v) is 24.0. The van der Waals surface area contributed by atoms with Gasteiger partial charge in [0.1, 0.15) is 18.0 Å². The molecular weight excluding hydrogens is 535 g/mol. The third-order valence-electron chi connectivity index (χ3n) is 6.58. The van der Waals surface area contributed by atoms with Gasteiger partial charge in [-0.3, -0.25) is 18.9 Å². The molecule has 216 valence electrons. The molecule has 0 bridgehead atoms. The average Bonchev–Trinajstić information content (AvgIpc) is 3.41. The van der Waals surface area contributed by atoms with Crippen LogP contribution in [0.25, 0.3) is 0 Å². The Labute approximate surface area is 234 Å². The second kappa shape index (κ2) is 13.7. The molecule has 0 aliphatic carbocycles. The minimum atomic E-state index is -4.28. The van der Waals surface area contributed by atoms with Crippen LogP contribution >= 0.6 is 7.37 Å². The first kappa shape index (κ1) is 31.0. The Balaban J connectivity index is 1.67. The molecule has 0 radical (unpaired) electrons. The summed E-state index contributed by atoms with van der Waals surface area (Å²) in [5, 5.41) is 2.66.